The van der Waals surface area contributed by atoms with Gasteiger partial charge in [0.25, 0.3) is 5.91 Å². The first-order valence-electron chi connectivity index (χ1n) is 8.91. The number of barbiturate groups is 1. The first-order chi connectivity index (χ1) is 14.3. The molecule has 1 unspecified atom stereocenters. The third-order valence-electron chi connectivity index (χ3n) is 4.44. The summed E-state index contributed by atoms with van der Waals surface area (Å²) in [6.07, 6.45) is 1.56. The predicted octanol–water partition coefficient (Wildman–Crippen LogP) is 3.34. The Morgan fingerprint density at radius 3 is 2.50 bits per heavy atom. The summed E-state index contributed by atoms with van der Waals surface area (Å²) in [6.45, 7) is 1.65. The third kappa shape index (κ3) is 4.18. The quantitative estimate of drug-likeness (QED) is 0.560. The molecule has 0 bridgehead atoms. The van der Waals surface area contributed by atoms with E-state index in [1.165, 1.54) is 37.4 Å². The molecule has 0 saturated carbocycles. The Hall–Kier alpha value is -3.65. The number of anilines is 2. The van der Waals surface area contributed by atoms with Crippen molar-refractivity contribution in [1.82, 2.24) is 5.32 Å². The summed E-state index contributed by atoms with van der Waals surface area (Å²) in [4.78, 5) is 50.6. The number of hydrogen-bond donors (Lipinski definition) is 2. The van der Waals surface area contributed by atoms with Crippen LogP contribution in [0.15, 0.2) is 60.3 Å². The summed E-state index contributed by atoms with van der Waals surface area (Å²) >= 11 is 5.87. The second-order valence-electron chi connectivity index (χ2n) is 6.32. The van der Waals surface area contributed by atoms with Gasteiger partial charge in [0.1, 0.15) is 0 Å². The number of carbonyl (C=O) groups is 4. The number of imide groups is 2. The molecule has 2 aromatic carbocycles. The van der Waals surface area contributed by atoms with Crippen molar-refractivity contribution in [2.24, 2.45) is 5.92 Å². The highest BCUT2D eigenvalue weighted by molar-refractivity contribution is 6.31. The number of ether oxygens (including phenoxy) is 1. The average Bonchev–Trinajstić information content (AvgIpc) is 2.73. The van der Waals surface area contributed by atoms with E-state index in [-0.39, 0.29) is 11.4 Å². The number of carbonyl (C=O) groups excluding carboxylic acids is 4. The zero-order chi connectivity index (χ0) is 21.8. The molecule has 3 rings (SSSR count). The van der Waals surface area contributed by atoms with Crippen LogP contribution in [0.4, 0.5) is 16.2 Å². The Bertz CT molecular complexity index is 1050. The van der Waals surface area contributed by atoms with Crippen molar-refractivity contribution in [2.75, 3.05) is 17.3 Å². The van der Waals surface area contributed by atoms with E-state index in [2.05, 4.69) is 10.6 Å². The van der Waals surface area contributed by atoms with Crippen LogP contribution in [0.25, 0.3) is 0 Å². The van der Waals surface area contributed by atoms with E-state index >= 15 is 0 Å². The molecule has 9 heteroatoms. The zero-order valence-electron chi connectivity index (χ0n) is 16.1. The molecule has 0 aromatic heterocycles. The van der Waals surface area contributed by atoms with Gasteiger partial charge in [-0.2, -0.15) is 0 Å². The number of urea groups is 1. The van der Waals surface area contributed by atoms with Gasteiger partial charge in [-0.25, -0.2) is 14.5 Å². The van der Waals surface area contributed by atoms with Gasteiger partial charge in [-0.3, -0.25) is 14.9 Å². The first-order valence-corrected chi connectivity index (χ1v) is 9.29. The van der Waals surface area contributed by atoms with Gasteiger partial charge in [0.15, 0.2) is 5.92 Å². The van der Waals surface area contributed by atoms with Gasteiger partial charge < -0.3 is 10.1 Å². The molecule has 30 heavy (non-hydrogen) atoms. The number of nitrogens with one attached hydrogen (secondary N) is 2. The lowest BCUT2D eigenvalue weighted by atomic mass is 9.99. The number of esters is 1. The van der Waals surface area contributed by atoms with Crippen molar-refractivity contribution < 1.29 is 23.9 Å². The average molecular weight is 428 g/mol. The van der Waals surface area contributed by atoms with Crippen molar-refractivity contribution in [3.63, 3.8) is 0 Å². The van der Waals surface area contributed by atoms with Gasteiger partial charge >= 0.3 is 12.0 Å². The molecule has 154 valence electrons. The minimum atomic E-state index is -1.29. The van der Waals surface area contributed by atoms with Crippen molar-refractivity contribution in [1.29, 1.82) is 0 Å². The molecule has 1 aliphatic heterocycles. The number of halogens is 1. The lowest BCUT2D eigenvalue weighted by molar-refractivity contribution is -0.132. The number of rotatable bonds is 5. The molecule has 8 nitrogen and oxygen atoms in total. The van der Waals surface area contributed by atoms with Crippen LogP contribution in [0.3, 0.4) is 0 Å². The standard InChI is InChI=1S/C21H18ClN3O5/c1-3-16(23-14-6-4-5-12(11-14)20(28)30-2)17-18(26)24-21(29)25(19(17)27)15-9-7-13(22)8-10-15/h3-11,17,23H,1-2H3,(H,24,26,29). The Morgan fingerprint density at radius 2 is 1.87 bits per heavy atom. The van der Waals surface area contributed by atoms with Crippen LogP contribution < -0.4 is 15.5 Å². The minimum Gasteiger partial charge on any atom is -0.465 e. The fourth-order valence-electron chi connectivity index (χ4n) is 3.00. The Kier molecular flexibility index (Phi) is 6.17. The van der Waals surface area contributed by atoms with Crippen molar-refractivity contribution in [3.8, 4) is 0 Å². The van der Waals surface area contributed by atoms with Gasteiger partial charge in [-0.1, -0.05) is 23.7 Å². The van der Waals surface area contributed by atoms with Crippen molar-refractivity contribution in [2.45, 2.75) is 6.92 Å². The molecule has 1 fully saturated rings. The van der Waals surface area contributed by atoms with Crippen LogP contribution in [-0.2, 0) is 14.3 Å². The lowest BCUT2D eigenvalue weighted by Gasteiger charge is -2.31. The number of methoxy groups -OCH3 is 1. The van der Waals surface area contributed by atoms with E-state index in [0.29, 0.717) is 16.3 Å². The van der Waals surface area contributed by atoms with E-state index in [4.69, 9.17) is 16.3 Å². The molecular formula is C21H18ClN3O5. The number of hydrogen-bond acceptors (Lipinski definition) is 6. The predicted molar refractivity (Wildman–Crippen MR) is 111 cm³/mol. The minimum absolute atomic E-state index is 0.256. The third-order valence-corrected chi connectivity index (χ3v) is 4.69. The molecule has 1 aliphatic rings. The van der Waals surface area contributed by atoms with Crippen LogP contribution in [-0.4, -0.2) is 30.9 Å². The number of nitrogens with zero attached hydrogens (tertiary/aromatic N) is 1. The summed E-state index contributed by atoms with van der Waals surface area (Å²) < 4.78 is 4.70. The largest absolute Gasteiger partial charge is 0.465 e. The molecule has 1 heterocycles. The smallest absolute Gasteiger partial charge is 0.337 e. The Morgan fingerprint density at radius 1 is 1.17 bits per heavy atom. The summed E-state index contributed by atoms with van der Waals surface area (Å²) in [6, 6.07) is 11.7. The SMILES string of the molecule is CC=C(Nc1cccc(C(=O)OC)c1)C1C(=O)NC(=O)N(c2ccc(Cl)cc2)C1=O. The molecule has 1 saturated heterocycles. The van der Waals surface area contributed by atoms with Crippen LogP contribution in [0, 0.1) is 5.92 Å². The normalized spacial score (nSPS) is 16.9. The highest BCUT2D eigenvalue weighted by Gasteiger charge is 2.43. The zero-order valence-corrected chi connectivity index (χ0v) is 16.9. The maximum Gasteiger partial charge on any atom is 0.337 e. The molecular weight excluding hydrogens is 410 g/mol. The molecule has 0 aliphatic carbocycles. The monoisotopic (exact) mass is 427 g/mol. The number of allylic oxidation sites excluding steroid dienone is 1. The summed E-state index contributed by atoms with van der Waals surface area (Å²) in [5.41, 5.74) is 1.31. The van der Waals surface area contributed by atoms with Crippen LogP contribution in [0.1, 0.15) is 17.3 Å². The highest BCUT2D eigenvalue weighted by atomic mass is 35.5. The lowest BCUT2D eigenvalue weighted by Crippen LogP contribution is -2.59. The molecule has 1 atom stereocenters. The second kappa shape index (κ2) is 8.79. The molecule has 2 N–H and O–H groups in total. The highest BCUT2D eigenvalue weighted by Crippen LogP contribution is 2.27. The van der Waals surface area contributed by atoms with E-state index in [9.17, 15) is 19.2 Å². The van der Waals surface area contributed by atoms with Crippen LogP contribution in [0.2, 0.25) is 5.02 Å². The number of amides is 4. The molecule has 4 amide bonds. The van der Waals surface area contributed by atoms with E-state index in [0.717, 1.165) is 4.90 Å². The van der Waals surface area contributed by atoms with Gasteiger partial charge in [0.2, 0.25) is 5.91 Å². The first kappa shape index (κ1) is 21.1. The fourth-order valence-corrected chi connectivity index (χ4v) is 3.13. The van der Waals surface area contributed by atoms with Gasteiger partial charge in [0, 0.05) is 16.4 Å². The van der Waals surface area contributed by atoms with Crippen LogP contribution >= 0.6 is 11.6 Å². The summed E-state index contributed by atoms with van der Waals surface area (Å²) in [7, 11) is 1.27. The topological polar surface area (TPSA) is 105 Å². The molecule has 0 spiro atoms. The maximum atomic E-state index is 13.1. The van der Waals surface area contributed by atoms with Gasteiger partial charge in [-0.15, -0.1) is 0 Å². The van der Waals surface area contributed by atoms with Gasteiger partial charge in [-0.05, 0) is 49.4 Å². The Labute approximate surface area is 177 Å². The van der Waals surface area contributed by atoms with E-state index in [1.54, 1.807) is 31.2 Å². The summed E-state index contributed by atoms with van der Waals surface area (Å²) in [5.74, 6) is -3.27. The fraction of sp³-hybridized carbons (Fsp3) is 0.143. The van der Waals surface area contributed by atoms with Gasteiger partial charge in [0.05, 0.1) is 18.4 Å². The molecule has 0 radical (unpaired) electrons. The molecule has 2 aromatic rings. The number of benzene rings is 2. The maximum absolute atomic E-state index is 13.1. The van der Waals surface area contributed by atoms with E-state index in [1.807, 2.05) is 0 Å². The summed E-state index contributed by atoms with van der Waals surface area (Å²) in [5, 5.41) is 5.63. The van der Waals surface area contributed by atoms with E-state index < -0.39 is 29.7 Å². The Balaban J connectivity index is 1.91. The van der Waals surface area contributed by atoms with Crippen molar-refractivity contribution >= 4 is 46.8 Å². The second-order valence-corrected chi connectivity index (χ2v) is 6.76. The van der Waals surface area contributed by atoms with Crippen molar-refractivity contribution in [3.05, 3.63) is 70.9 Å². The van der Waals surface area contributed by atoms with Crippen LogP contribution in [0.5, 0.6) is 0 Å².